The lowest BCUT2D eigenvalue weighted by Gasteiger charge is -2.13. The summed E-state index contributed by atoms with van der Waals surface area (Å²) in [6.45, 7) is 2.96. The third kappa shape index (κ3) is 3.04. The number of nitrogens with zero attached hydrogens (tertiary/aromatic N) is 1. The Morgan fingerprint density at radius 1 is 1.31 bits per heavy atom. The summed E-state index contributed by atoms with van der Waals surface area (Å²) in [4.78, 5) is 2.14. The molecule has 0 spiro atoms. The SMILES string of the molecule is CN1C[C@@H](COCc2ccccc2)[C@@H](O)C1. The van der Waals surface area contributed by atoms with Gasteiger partial charge in [-0.25, -0.2) is 0 Å². The zero-order valence-corrected chi connectivity index (χ0v) is 9.67. The van der Waals surface area contributed by atoms with E-state index in [9.17, 15) is 5.11 Å². The van der Waals surface area contributed by atoms with Crippen LogP contribution in [0.15, 0.2) is 30.3 Å². The largest absolute Gasteiger partial charge is 0.391 e. The van der Waals surface area contributed by atoms with Gasteiger partial charge in [0.05, 0.1) is 19.3 Å². The van der Waals surface area contributed by atoms with Crippen LogP contribution < -0.4 is 0 Å². The zero-order chi connectivity index (χ0) is 11.4. The second kappa shape index (κ2) is 5.43. The standard InChI is InChI=1S/C13H19NO2/c1-14-7-12(13(15)8-14)10-16-9-11-5-3-2-4-6-11/h2-6,12-13,15H,7-10H2,1H3/t12-,13-/m0/s1. The maximum absolute atomic E-state index is 9.73. The highest BCUT2D eigenvalue weighted by molar-refractivity contribution is 5.13. The van der Waals surface area contributed by atoms with Crippen LogP contribution in [0.2, 0.25) is 0 Å². The Morgan fingerprint density at radius 3 is 2.69 bits per heavy atom. The van der Waals surface area contributed by atoms with Crippen molar-refractivity contribution < 1.29 is 9.84 Å². The van der Waals surface area contributed by atoms with Gasteiger partial charge in [-0.05, 0) is 12.6 Å². The topological polar surface area (TPSA) is 32.7 Å². The third-order valence-corrected chi connectivity index (χ3v) is 3.03. The molecule has 1 aliphatic rings. The highest BCUT2D eigenvalue weighted by Gasteiger charge is 2.28. The highest BCUT2D eigenvalue weighted by atomic mass is 16.5. The first-order chi connectivity index (χ1) is 7.75. The summed E-state index contributed by atoms with van der Waals surface area (Å²) in [5.41, 5.74) is 1.18. The molecule has 1 aliphatic heterocycles. The minimum Gasteiger partial charge on any atom is -0.391 e. The fourth-order valence-corrected chi connectivity index (χ4v) is 2.13. The van der Waals surface area contributed by atoms with Crippen LogP contribution >= 0.6 is 0 Å². The van der Waals surface area contributed by atoms with Gasteiger partial charge in [-0.15, -0.1) is 0 Å². The second-order valence-corrected chi connectivity index (χ2v) is 4.55. The first-order valence-corrected chi connectivity index (χ1v) is 5.74. The third-order valence-electron chi connectivity index (χ3n) is 3.03. The molecule has 0 amide bonds. The number of hydrogen-bond acceptors (Lipinski definition) is 3. The van der Waals surface area contributed by atoms with Crippen molar-refractivity contribution in [2.24, 2.45) is 5.92 Å². The fraction of sp³-hybridized carbons (Fsp3) is 0.538. The van der Waals surface area contributed by atoms with Crippen molar-refractivity contribution >= 4 is 0 Å². The molecule has 16 heavy (non-hydrogen) atoms. The van der Waals surface area contributed by atoms with Gasteiger partial charge in [-0.3, -0.25) is 0 Å². The number of aliphatic hydroxyl groups is 1. The van der Waals surface area contributed by atoms with Crippen molar-refractivity contribution in [3.8, 4) is 0 Å². The highest BCUT2D eigenvalue weighted by Crippen LogP contribution is 2.16. The fourth-order valence-electron chi connectivity index (χ4n) is 2.13. The Bertz CT molecular complexity index is 315. The first kappa shape index (κ1) is 11.6. The molecular weight excluding hydrogens is 202 g/mol. The molecule has 2 atom stereocenters. The molecule has 1 aromatic rings. The van der Waals surface area contributed by atoms with Crippen LogP contribution in [0.25, 0.3) is 0 Å². The van der Waals surface area contributed by atoms with Crippen molar-refractivity contribution in [3.63, 3.8) is 0 Å². The molecule has 1 heterocycles. The number of hydrogen-bond donors (Lipinski definition) is 1. The lowest BCUT2D eigenvalue weighted by atomic mass is 10.1. The first-order valence-electron chi connectivity index (χ1n) is 5.74. The lowest BCUT2D eigenvalue weighted by Crippen LogP contribution is -2.22. The predicted octanol–water partition coefficient (Wildman–Crippen LogP) is 1.13. The number of β-amino-alcohol motifs (C(OH)–C–C–N with tert-alkyl or cyclic N) is 1. The zero-order valence-electron chi connectivity index (χ0n) is 9.67. The molecular formula is C13H19NO2. The number of benzene rings is 1. The van der Waals surface area contributed by atoms with Crippen LogP contribution in [0, 0.1) is 5.92 Å². The van der Waals surface area contributed by atoms with E-state index in [-0.39, 0.29) is 12.0 Å². The smallest absolute Gasteiger partial charge is 0.0729 e. The summed E-state index contributed by atoms with van der Waals surface area (Å²) >= 11 is 0. The van der Waals surface area contributed by atoms with Gasteiger partial charge in [-0.2, -0.15) is 0 Å². The summed E-state index contributed by atoms with van der Waals surface area (Å²) in [6.07, 6.45) is -0.235. The number of rotatable bonds is 4. The van der Waals surface area contributed by atoms with Gasteiger partial charge in [0, 0.05) is 19.0 Å². The number of ether oxygens (including phenoxy) is 1. The molecule has 1 N–H and O–H groups in total. The minimum absolute atomic E-state index is 0.235. The molecule has 1 saturated heterocycles. The molecule has 0 aromatic heterocycles. The molecule has 3 heteroatoms. The number of likely N-dealkylation sites (N-methyl/N-ethyl adjacent to an activating group) is 1. The van der Waals surface area contributed by atoms with Crippen LogP contribution in [-0.2, 0) is 11.3 Å². The van der Waals surface area contributed by atoms with E-state index in [1.807, 2.05) is 25.2 Å². The van der Waals surface area contributed by atoms with Gasteiger partial charge in [0.15, 0.2) is 0 Å². The van der Waals surface area contributed by atoms with E-state index in [1.165, 1.54) is 5.56 Å². The Labute approximate surface area is 96.6 Å². The summed E-state index contributed by atoms with van der Waals surface area (Å²) in [5.74, 6) is 0.258. The summed E-state index contributed by atoms with van der Waals surface area (Å²) < 4.78 is 5.64. The molecule has 0 saturated carbocycles. The Morgan fingerprint density at radius 2 is 2.06 bits per heavy atom. The van der Waals surface area contributed by atoms with E-state index in [1.54, 1.807) is 0 Å². The molecule has 1 fully saturated rings. The Balaban J connectivity index is 1.72. The maximum Gasteiger partial charge on any atom is 0.0729 e. The molecule has 3 nitrogen and oxygen atoms in total. The quantitative estimate of drug-likeness (QED) is 0.827. The summed E-state index contributed by atoms with van der Waals surface area (Å²) in [5, 5.41) is 9.73. The minimum atomic E-state index is -0.235. The Kier molecular flexibility index (Phi) is 3.93. The second-order valence-electron chi connectivity index (χ2n) is 4.55. The monoisotopic (exact) mass is 221 g/mol. The van der Waals surface area contributed by atoms with Gasteiger partial charge in [0.1, 0.15) is 0 Å². The predicted molar refractivity (Wildman–Crippen MR) is 63.1 cm³/mol. The summed E-state index contributed by atoms with van der Waals surface area (Å²) in [6, 6.07) is 10.1. The van der Waals surface area contributed by atoms with Crippen LogP contribution in [0.3, 0.4) is 0 Å². The Hall–Kier alpha value is -0.900. The molecule has 2 rings (SSSR count). The molecule has 0 radical (unpaired) electrons. The molecule has 88 valence electrons. The van der Waals surface area contributed by atoms with E-state index in [2.05, 4.69) is 17.0 Å². The van der Waals surface area contributed by atoms with E-state index in [0.29, 0.717) is 13.2 Å². The van der Waals surface area contributed by atoms with Crippen LogP contribution in [0.5, 0.6) is 0 Å². The maximum atomic E-state index is 9.73. The van der Waals surface area contributed by atoms with Gasteiger partial charge in [0.2, 0.25) is 0 Å². The van der Waals surface area contributed by atoms with Crippen LogP contribution in [-0.4, -0.2) is 42.9 Å². The molecule has 1 aromatic carbocycles. The summed E-state index contributed by atoms with van der Waals surface area (Å²) in [7, 11) is 2.03. The normalized spacial score (nSPS) is 26.1. The average molecular weight is 221 g/mol. The van der Waals surface area contributed by atoms with Crippen molar-refractivity contribution in [3.05, 3.63) is 35.9 Å². The average Bonchev–Trinajstić information content (AvgIpc) is 2.59. The number of aliphatic hydroxyl groups excluding tert-OH is 1. The van der Waals surface area contributed by atoms with E-state index >= 15 is 0 Å². The lowest BCUT2D eigenvalue weighted by molar-refractivity contribution is 0.0448. The van der Waals surface area contributed by atoms with Crippen molar-refractivity contribution in [2.45, 2.75) is 12.7 Å². The van der Waals surface area contributed by atoms with Gasteiger partial charge in [0.25, 0.3) is 0 Å². The van der Waals surface area contributed by atoms with Crippen LogP contribution in [0.4, 0.5) is 0 Å². The van der Waals surface area contributed by atoms with Gasteiger partial charge >= 0.3 is 0 Å². The molecule has 0 aliphatic carbocycles. The molecule has 0 unspecified atom stereocenters. The van der Waals surface area contributed by atoms with Crippen molar-refractivity contribution in [1.29, 1.82) is 0 Å². The van der Waals surface area contributed by atoms with Gasteiger partial charge in [-0.1, -0.05) is 30.3 Å². The van der Waals surface area contributed by atoms with Crippen molar-refractivity contribution in [2.75, 3.05) is 26.7 Å². The number of likely N-dealkylation sites (tertiary alicyclic amines) is 1. The molecule has 0 bridgehead atoms. The van der Waals surface area contributed by atoms with E-state index < -0.39 is 0 Å². The van der Waals surface area contributed by atoms with E-state index in [4.69, 9.17) is 4.74 Å². The van der Waals surface area contributed by atoms with Gasteiger partial charge < -0.3 is 14.7 Å². The van der Waals surface area contributed by atoms with Crippen LogP contribution in [0.1, 0.15) is 5.56 Å². The van der Waals surface area contributed by atoms with Crippen molar-refractivity contribution in [1.82, 2.24) is 4.90 Å². The van der Waals surface area contributed by atoms with E-state index in [0.717, 1.165) is 13.1 Å².